The summed E-state index contributed by atoms with van der Waals surface area (Å²) >= 11 is 0. The molecule has 1 nitrogen and oxygen atoms in total. The highest BCUT2D eigenvalue weighted by molar-refractivity contribution is 5.25. The van der Waals surface area contributed by atoms with Gasteiger partial charge in [0.15, 0.2) is 0 Å². The highest BCUT2D eigenvalue weighted by Gasteiger charge is 2.32. The van der Waals surface area contributed by atoms with Gasteiger partial charge in [-0.05, 0) is 24.7 Å². The van der Waals surface area contributed by atoms with E-state index >= 15 is 0 Å². The van der Waals surface area contributed by atoms with Crippen molar-refractivity contribution in [2.75, 3.05) is 0 Å². The molecule has 0 aliphatic heterocycles. The summed E-state index contributed by atoms with van der Waals surface area (Å²) in [5, 5.41) is 9.69. The smallest absolute Gasteiger partial charge is 0.0758 e. The van der Waals surface area contributed by atoms with E-state index in [0.29, 0.717) is 11.8 Å². The molecule has 0 bridgehead atoms. The van der Waals surface area contributed by atoms with E-state index in [-0.39, 0.29) is 6.10 Å². The van der Waals surface area contributed by atoms with Gasteiger partial charge >= 0.3 is 0 Å². The van der Waals surface area contributed by atoms with E-state index in [9.17, 15) is 5.11 Å². The van der Waals surface area contributed by atoms with Crippen LogP contribution in [0, 0.1) is 11.8 Å². The van der Waals surface area contributed by atoms with Gasteiger partial charge in [0, 0.05) is 0 Å². The zero-order valence-electron chi connectivity index (χ0n) is 7.37. The normalized spacial score (nSPS) is 41.1. The van der Waals surface area contributed by atoms with E-state index in [0.717, 1.165) is 0 Å². The van der Waals surface area contributed by atoms with Crippen LogP contribution in [0.5, 0.6) is 0 Å². The highest BCUT2D eigenvalue weighted by atomic mass is 16.3. The average molecular weight is 164 g/mol. The van der Waals surface area contributed by atoms with E-state index < -0.39 is 0 Å². The van der Waals surface area contributed by atoms with Gasteiger partial charge in [-0.15, -0.1) is 0 Å². The molecule has 2 aliphatic rings. The molecule has 3 unspecified atom stereocenters. The third-order valence-electron chi connectivity index (χ3n) is 3.24. The van der Waals surface area contributed by atoms with E-state index in [1.54, 1.807) is 0 Å². The molecule has 0 aromatic heterocycles. The molecule has 0 aromatic carbocycles. The van der Waals surface area contributed by atoms with Crippen LogP contribution >= 0.6 is 0 Å². The van der Waals surface area contributed by atoms with Crippen molar-refractivity contribution < 1.29 is 5.11 Å². The Kier molecular flexibility index (Phi) is 2.05. The van der Waals surface area contributed by atoms with Crippen LogP contribution in [0.2, 0.25) is 0 Å². The van der Waals surface area contributed by atoms with Gasteiger partial charge in [-0.25, -0.2) is 0 Å². The van der Waals surface area contributed by atoms with Gasteiger partial charge in [0.05, 0.1) is 6.10 Å². The van der Waals surface area contributed by atoms with Crippen molar-refractivity contribution in [2.45, 2.75) is 31.8 Å². The Balaban J connectivity index is 2.20. The standard InChI is InChI=1S/C11H16O/c1-8-6-7-11(12)10-5-3-2-4-9(8)10/h6-7,9-12H,1-5H2. The summed E-state index contributed by atoms with van der Waals surface area (Å²) in [5.41, 5.74) is 1.23. The molecule has 0 heterocycles. The summed E-state index contributed by atoms with van der Waals surface area (Å²) in [6.45, 7) is 4.04. The zero-order valence-corrected chi connectivity index (χ0v) is 7.37. The number of aliphatic hydroxyl groups is 1. The Hall–Kier alpha value is -0.560. The van der Waals surface area contributed by atoms with E-state index in [1.165, 1.54) is 31.3 Å². The van der Waals surface area contributed by atoms with Gasteiger partial charge in [-0.1, -0.05) is 37.1 Å². The molecule has 0 amide bonds. The monoisotopic (exact) mass is 164 g/mol. The molecule has 0 spiro atoms. The molecular weight excluding hydrogens is 148 g/mol. The number of aliphatic hydroxyl groups excluding tert-OH is 1. The van der Waals surface area contributed by atoms with Gasteiger partial charge in [0.25, 0.3) is 0 Å². The average Bonchev–Trinajstić information content (AvgIpc) is 2.12. The number of fused-ring (bicyclic) bond motifs is 1. The van der Waals surface area contributed by atoms with Crippen LogP contribution in [0.25, 0.3) is 0 Å². The third-order valence-corrected chi connectivity index (χ3v) is 3.24. The zero-order chi connectivity index (χ0) is 8.55. The molecule has 66 valence electrons. The van der Waals surface area contributed by atoms with Crippen LogP contribution in [-0.4, -0.2) is 11.2 Å². The second-order valence-electron chi connectivity index (χ2n) is 3.98. The highest BCUT2D eigenvalue weighted by Crippen LogP contribution is 2.39. The fourth-order valence-corrected chi connectivity index (χ4v) is 2.52. The van der Waals surface area contributed by atoms with Crippen LogP contribution in [0.3, 0.4) is 0 Å². The minimum absolute atomic E-state index is 0.208. The van der Waals surface area contributed by atoms with E-state index in [4.69, 9.17) is 0 Å². The van der Waals surface area contributed by atoms with Crippen molar-refractivity contribution in [1.29, 1.82) is 0 Å². The number of hydrogen-bond donors (Lipinski definition) is 1. The lowest BCUT2D eigenvalue weighted by molar-refractivity contribution is 0.0904. The van der Waals surface area contributed by atoms with Crippen LogP contribution in [0.1, 0.15) is 25.7 Å². The lowest BCUT2D eigenvalue weighted by Gasteiger charge is -2.37. The van der Waals surface area contributed by atoms with Crippen molar-refractivity contribution in [1.82, 2.24) is 0 Å². The quantitative estimate of drug-likeness (QED) is 0.582. The minimum Gasteiger partial charge on any atom is -0.389 e. The molecule has 1 heteroatoms. The van der Waals surface area contributed by atoms with Crippen molar-refractivity contribution in [3.05, 3.63) is 24.3 Å². The first kappa shape index (κ1) is 8.06. The van der Waals surface area contributed by atoms with Gasteiger partial charge in [-0.3, -0.25) is 0 Å². The number of rotatable bonds is 0. The summed E-state index contributed by atoms with van der Waals surface area (Å²) in [7, 11) is 0. The van der Waals surface area contributed by atoms with Gasteiger partial charge in [-0.2, -0.15) is 0 Å². The van der Waals surface area contributed by atoms with E-state index in [1.807, 2.05) is 12.2 Å². The summed E-state index contributed by atoms with van der Waals surface area (Å²) in [6.07, 6.45) is 8.67. The van der Waals surface area contributed by atoms with Crippen molar-refractivity contribution >= 4 is 0 Å². The molecular formula is C11H16O. The Morgan fingerprint density at radius 3 is 2.83 bits per heavy atom. The maximum atomic E-state index is 9.69. The first-order valence-corrected chi connectivity index (χ1v) is 4.84. The summed E-state index contributed by atoms with van der Waals surface area (Å²) < 4.78 is 0. The lowest BCUT2D eigenvalue weighted by Crippen LogP contribution is -2.32. The fraction of sp³-hybridized carbons (Fsp3) is 0.636. The molecule has 0 aromatic rings. The summed E-state index contributed by atoms with van der Waals surface area (Å²) in [6, 6.07) is 0. The molecule has 1 saturated carbocycles. The lowest BCUT2D eigenvalue weighted by atomic mass is 9.70. The van der Waals surface area contributed by atoms with Crippen molar-refractivity contribution in [2.24, 2.45) is 11.8 Å². The van der Waals surface area contributed by atoms with Crippen LogP contribution < -0.4 is 0 Å². The maximum absolute atomic E-state index is 9.69. The minimum atomic E-state index is -0.208. The molecule has 12 heavy (non-hydrogen) atoms. The van der Waals surface area contributed by atoms with Crippen LogP contribution in [0.15, 0.2) is 24.3 Å². The third kappa shape index (κ3) is 1.22. The molecule has 2 rings (SSSR count). The van der Waals surface area contributed by atoms with Crippen LogP contribution in [0.4, 0.5) is 0 Å². The van der Waals surface area contributed by atoms with Gasteiger partial charge in [0.2, 0.25) is 0 Å². The molecule has 2 aliphatic carbocycles. The van der Waals surface area contributed by atoms with Gasteiger partial charge < -0.3 is 5.11 Å². The summed E-state index contributed by atoms with van der Waals surface area (Å²) in [4.78, 5) is 0. The Morgan fingerprint density at radius 1 is 1.33 bits per heavy atom. The van der Waals surface area contributed by atoms with E-state index in [2.05, 4.69) is 6.58 Å². The first-order chi connectivity index (χ1) is 5.79. The number of allylic oxidation sites excluding steroid dienone is 2. The molecule has 1 fully saturated rings. The second-order valence-corrected chi connectivity index (χ2v) is 3.98. The molecule has 0 radical (unpaired) electrons. The first-order valence-electron chi connectivity index (χ1n) is 4.84. The van der Waals surface area contributed by atoms with Crippen molar-refractivity contribution in [3.63, 3.8) is 0 Å². The maximum Gasteiger partial charge on any atom is 0.0758 e. The molecule has 1 N–H and O–H groups in total. The predicted molar refractivity (Wildman–Crippen MR) is 49.7 cm³/mol. The summed E-state index contributed by atoms with van der Waals surface area (Å²) in [5.74, 6) is 1.04. The van der Waals surface area contributed by atoms with Gasteiger partial charge in [0.1, 0.15) is 0 Å². The molecule has 0 saturated heterocycles. The Bertz CT molecular complexity index is 217. The molecule has 3 atom stereocenters. The second kappa shape index (κ2) is 3.06. The van der Waals surface area contributed by atoms with Crippen LogP contribution in [-0.2, 0) is 0 Å². The SMILES string of the molecule is C=C1C=CC(O)C2CCCCC12. The van der Waals surface area contributed by atoms with Crippen molar-refractivity contribution in [3.8, 4) is 0 Å². The largest absolute Gasteiger partial charge is 0.389 e. The Labute approximate surface area is 73.8 Å². The number of hydrogen-bond acceptors (Lipinski definition) is 1. The topological polar surface area (TPSA) is 20.2 Å². The Morgan fingerprint density at radius 2 is 2.08 bits per heavy atom. The fourth-order valence-electron chi connectivity index (χ4n) is 2.52. The predicted octanol–water partition coefficient (Wildman–Crippen LogP) is 2.28.